The number of benzene rings is 1. The first kappa shape index (κ1) is 14.8. The van der Waals surface area contributed by atoms with Crippen LogP contribution in [0.3, 0.4) is 0 Å². The van der Waals surface area contributed by atoms with Gasteiger partial charge in [-0.2, -0.15) is 0 Å². The van der Waals surface area contributed by atoms with E-state index in [1.807, 2.05) is 0 Å². The van der Waals surface area contributed by atoms with Crippen LogP contribution in [0.2, 0.25) is 0 Å². The maximum absolute atomic E-state index is 13.3. The minimum Gasteiger partial charge on any atom is -0.478 e. The molecule has 0 unspecified atom stereocenters. The summed E-state index contributed by atoms with van der Waals surface area (Å²) in [6, 6.07) is 4.58. The quantitative estimate of drug-likeness (QED) is 0.845. The summed E-state index contributed by atoms with van der Waals surface area (Å²) in [7, 11) is 0. The van der Waals surface area contributed by atoms with Gasteiger partial charge in [-0.25, -0.2) is 9.18 Å². The number of rotatable bonds is 5. The highest BCUT2D eigenvalue weighted by molar-refractivity contribution is 5.89. The molecule has 0 amide bonds. The Bertz CT molecular complexity index is 468. The predicted octanol–water partition coefficient (Wildman–Crippen LogP) is 4.29. The summed E-state index contributed by atoms with van der Waals surface area (Å²) in [6.45, 7) is 2.22. The fourth-order valence-corrected chi connectivity index (χ4v) is 3.02. The van der Waals surface area contributed by atoms with E-state index in [1.54, 1.807) is 6.07 Å². The van der Waals surface area contributed by atoms with E-state index in [9.17, 15) is 9.18 Å². The molecule has 20 heavy (non-hydrogen) atoms. The molecule has 0 saturated heterocycles. The number of carboxylic acid groups (broad SMARTS) is 1. The Morgan fingerprint density at radius 3 is 2.65 bits per heavy atom. The van der Waals surface area contributed by atoms with E-state index < -0.39 is 11.8 Å². The third-order valence-electron chi connectivity index (χ3n) is 4.11. The molecule has 0 radical (unpaired) electrons. The van der Waals surface area contributed by atoms with Gasteiger partial charge in [0.05, 0.1) is 5.56 Å². The van der Waals surface area contributed by atoms with Crippen LogP contribution < -0.4 is 5.32 Å². The summed E-state index contributed by atoms with van der Waals surface area (Å²) in [5, 5.41) is 12.3. The van der Waals surface area contributed by atoms with Crippen molar-refractivity contribution >= 4 is 11.7 Å². The van der Waals surface area contributed by atoms with Crippen molar-refractivity contribution in [1.82, 2.24) is 0 Å². The summed E-state index contributed by atoms with van der Waals surface area (Å²) >= 11 is 0. The van der Waals surface area contributed by atoms with Crippen LogP contribution >= 0.6 is 0 Å². The molecule has 3 nitrogen and oxygen atoms in total. The predicted molar refractivity (Wildman–Crippen MR) is 77.6 cm³/mol. The van der Waals surface area contributed by atoms with Gasteiger partial charge >= 0.3 is 5.97 Å². The largest absolute Gasteiger partial charge is 0.478 e. The van der Waals surface area contributed by atoms with Crippen molar-refractivity contribution in [3.8, 4) is 0 Å². The summed E-state index contributed by atoms with van der Waals surface area (Å²) in [5.74, 6) is -1.08. The number of halogens is 1. The number of anilines is 1. The van der Waals surface area contributed by atoms with Gasteiger partial charge in [0.15, 0.2) is 0 Å². The van der Waals surface area contributed by atoms with Gasteiger partial charge in [0.1, 0.15) is 5.82 Å². The average molecular weight is 279 g/mol. The third kappa shape index (κ3) is 3.71. The van der Waals surface area contributed by atoms with Crippen LogP contribution in [0.25, 0.3) is 0 Å². The van der Waals surface area contributed by atoms with Crippen molar-refractivity contribution < 1.29 is 14.3 Å². The molecule has 0 bridgehead atoms. The van der Waals surface area contributed by atoms with Gasteiger partial charge in [0, 0.05) is 11.7 Å². The second-order valence-electron chi connectivity index (χ2n) is 5.65. The highest BCUT2D eigenvalue weighted by atomic mass is 19.1. The van der Waals surface area contributed by atoms with E-state index in [0.717, 1.165) is 18.8 Å². The van der Waals surface area contributed by atoms with Crippen LogP contribution in [0.4, 0.5) is 10.1 Å². The Labute approximate surface area is 119 Å². The molecule has 110 valence electrons. The molecule has 0 atom stereocenters. The molecule has 1 aliphatic carbocycles. The van der Waals surface area contributed by atoms with Crippen molar-refractivity contribution in [3.05, 3.63) is 29.6 Å². The van der Waals surface area contributed by atoms with Crippen LogP contribution in [0.15, 0.2) is 18.2 Å². The lowest BCUT2D eigenvalue weighted by Gasteiger charge is -2.29. The van der Waals surface area contributed by atoms with Gasteiger partial charge in [-0.1, -0.05) is 19.8 Å². The lowest BCUT2D eigenvalue weighted by molar-refractivity contribution is 0.0692. The van der Waals surface area contributed by atoms with Crippen LogP contribution in [-0.2, 0) is 0 Å². The van der Waals surface area contributed by atoms with Crippen molar-refractivity contribution in [2.75, 3.05) is 5.32 Å². The van der Waals surface area contributed by atoms with Crippen LogP contribution in [0.1, 0.15) is 55.8 Å². The number of hydrogen-bond donors (Lipinski definition) is 2. The molecule has 1 aromatic carbocycles. The van der Waals surface area contributed by atoms with Gasteiger partial charge in [-0.3, -0.25) is 0 Å². The fourth-order valence-electron chi connectivity index (χ4n) is 3.02. The molecular formula is C16H22FNO2. The first-order valence-electron chi connectivity index (χ1n) is 7.39. The van der Waals surface area contributed by atoms with Crippen molar-refractivity contribution in [3.63, 3.8) is 0 Å². The molecule has 0 aliphatic heterocycles. The Hall–Kier alpha value is -1.58. The highest BCUT2D eigenvalue weighted by Gasteiger charge is 2.21. The van der Waals surface area contributed by atoms with E-state index in [2.05, 4.69) is 12.2 Å². The second kappa shape index (κ2) is 6.73. The Morgan fingerprint density at radius 2 is 2.05 bits per heavy atom. The zero-order valence-corrected chi connectivity index (χ0v) is 11.9. The maximum Gasteiger partial charge on any atom is 0.338 e. The summed E-state index contributed by atoms with van der Waals surface area (Å²) in [6.07, 6.45) is 7.18. The number of nitrogens with one attached hydrogen (secondary N) is 1. The van der Waals surface area contributed by atoms with Crippen molar-refractivity contribution in [1.29, 1.82) is 0 Å². The molecule has 0 spiro atoms. The minimum absolute atomic E-state index is 0.269. The van der Waals surface area contributed by atoms with Gasteiger partial charge in [-0.15, -0.1) is 0 Å². The molecule has 2 N–H and O–H groups in total. The van der Waals surface area contributed by atoms with E-state index in [0.29, 0.717) is 11.7 Å². The zero-order valence-electron chi connectivity index (χ0n) is 11.9. The Kier molecular flexibility index (Phi) is 4.99. The number of aromatic carboxylic acids is 1. The summed E-state index contributed by atoms with van der Waals surface area (Å²) in [4.78, 5) is 10.9. The van der Waals surface area contributed by atoms with Crippen LogP contribution in [0, 0.1) is 11.7 Å². The fraction of sp³-hybridized carbons (Fsp3) is 0.562. The molecule has 0 heterocycles. The molecule has 1 aromatic rings. The third-order valence-corrected chi connectivity index (χ3v) is 4.11. The second-order valence-corrected chi connectivity index (χ2v) is 5.65. The smallest absolute Gasteiger partial charge is 0.338 e. The summed E-state index contributed by atoms with van der Waals surface area (Å²) in [5.41, 5.74) is 0.428. The van der Waals surface area contributed by atoms with Gasteiger partial charge in [-0.05, 0) is 49.8 Å². The van der Waals surface area contributed by atoms with Gasteiger partial charge in [0.2, 0.25) is 0 Å². The number of hydrogen-bond acceptors (Lipinski definition) is 2. The van der Waals surface area contributed by atoms with Crippen molar-refractivity contribution in [2.24, 2.45) is 5.92 Å². The lowest BCUT2D eigenvalue weighted by Crippen LogP contribution is -2.26. The monoisotopic (exact) mass is 279 g/mol. The highest BCUT2D eigenvalue weighted by Crippen LogP contribution is 2.29. The topological polar surface area (TPSA) is 49.3 Å². The van der Waals surface area contributed by atoms with Crippen molar-refractivity contribution in [2.45, 2.75) is 51.5 Å². The number of carbonyl (C=O) groups is 1. The van der Waals surface area contributed by atoms with Crippen LogP contribution in [0.5, 0.6) is 0 Å². The van der Waals surface area contributed by atoms with Gasteiger partial charge in [0.25, 0.3) is 0 Å². The minimum atomic E-state index is -1.22. The average Bonchev–Trinajstić information content (AvgIpc) is 2.43. The van der Waals surface area contributed by atoms with Crippen LogP contribution in [-0.4, -0.2) is 17.1 Å². The Morgan fingerprint density at radius 1 is 1.35 bits per heavy atom. The van der Waals surface area contributed by atoms with E-state index in [4.69, 9.17) is 5.11 Å². The molecule has 1 saturated carbocycles. The standard InChI is InChI=1S/C16H22FNO2/c1-2-3-11-4-6-12(7-5-11)18-13-8-9-15(17)14(10-13)16(19)20/h8-12,18H,2-7H2,1H3,(H,19,20). The molecule has 4 heteroatoms. The van der Waals surface area contributed by atoms with E-state index >= 15 is 0 Å². The molecule has 2 rings (SSSR count). The van der Waals surface area contributed by atoms with E-state index in [1.165, 1.54) is 37.8 Å². The normalized spacial score (nSPS) is 22.5. The lowest BCUT2D eigenvalue weighted by atomic mass is 9.83. The van der Waals surface area contributed by atoms with Gasteiger partial charge < -0.3 is 10.4 Å². The van der Waals surface area contributed by atoms with E-state index in [-0.39, 0.29) is 5.56 Å². The zero-order chi connectivity index (χ0) is 14.5. The summed E-state index contributed by atoms with van der Waals surface area (Å²) < 4.78 is 13.3. The first-order chi connectivity index (χ1) is 9.60. The molecule has 1 aliphatic rings. The Balaban J connectivity index is 1.94. The maximum atomic E-state index is 13.3. The molecule has 1 fully saturated rings. The number of carboxylic acids is 1. The molecule has 0 aromatic heterocycles. The first-order valence-corrected chi connectivity index (χ1v) is 7.39. The molecular weight excluding hydrogens is 257 g/mol. The SMILES string of the molecule is CCCC1CCC(Nc2ccc(F)c(C(=O)O)c2)CC1.